The number of aliphatic hydroxyl groups excluding tert-OH is 1. The Hall–Kier alpha value is -1.60. The fourth-order valence-electron chi connectivity index (χ4n) is 3.37. The van der Waals surface area contributed by atoms with E-state index < -0.39 is 0 Å². The van der Waals surface area contributed by atoms with Gasteiger partial charge in [-0.05, 0) is 26.9 Å². The zero-order valence-electron chi connectivity index (χ0n) is 15.3. The average molecular weight is 337 g/mol. The van der Waals surface area contributed by atoms with Gasteiger partial charge in [0.25, 0.3) is 0 Å². The fraction of sp³-hybridized carbons (Fsp3) is 0.765. The lowest BCUT2D eigenvalue weighted by atomic mass is 9.86. The summed E-state index contributed by atoms with van der Waals surface area (Å²) >= 11 is 0. The van der Waals surface area contributed by atoms with Gasteiger partial charge in [-0.3, -0.25) is 4.68 Å². The van der Waals surface area contributed by atoms with E-state index in [1.807, 2.05) is 33.5 Å². The summed E-state index contributed by atoms with van der Waals surface area (Å²) < 4.78 is 1.77. The maximum Gasteiger partial charge on any atom is 0.317 e. The monoisotopic (exact) mass is 337 g/mol. The van der Waals surface area contributed by atoms with Crippen molar-refractivity contribution in [1.29, 1.82) is 0 Å². The molecular weight excluding hydrogens is 306 g/mol. The van der Waals surface area contributed by atoms with Crippen LogP contribution >= 0.6 is 0 Å². The molecule has 0 radical (unpaired) electrons. The van der Waals surface area contributed by atoms with E-state index in [-0.39, 0.29) is 24.1 Å². The first-order valence-corrected chi connectivity index (χ1v) is 8.70. The van der Waals surface area contributed by atoms with Crippen molar-refractivity contribution in [3.63, 3.8) is 0 Å². The standard InChI is InChI=1S/C17H31N5O2/c1-20(2)15(14-9-19-22(4)12-14)10-18-17(24)21(3)11-13-7-5-6-8-16(13)23/h9,12-13,15-16,23H,5-8,10-11H2,1-4H3,(H,18,24)/t13-,15-,16-/m0/s1. The highest BCUT2D eigenvalue weighted by Gasteiger charge is 2.26. The van der Waals surface area contributed by atoms with Crippen molar-refractivity contribution < 1.29 is 9.90 Å². The van der Waals surface area contributed by atoms with E-state index in [0.717, 1.165) is 31.2 Å². The normalized spacial score (nSPS) is 22.4. The molecule has 2 N–H and O–H groups in total. The highest BCUT2D eigenvalue weighted by atomic mass is 16.3. The maximum absolute atomic E-state index is 12.4. The van der Waals surface area contributed by atoms with Gasteiger partial charge in [0.05, 0.1) is 18.3 Å². The molecule has 0 aromatic carbocycles. The van der Waals surface area contributed by atoms with Gasteiger partial charge in [0.1, 0.15) is 0 Å². The number of hydrogen-bond acceptors (Lipinski definition) is 4. The van der Waals surface area contributed by atoms with Crippen molar-refractivity contribution in [1.82, 2.24) is 24.9 Å². The molecule has 136 valence electrons. The van der Waals surface area contributed by atoms with Crippen LogP contribution in [0, 0.1) is 5.92 Å². The minimum atomic E-state index is -0.279. The number of hydrogen-bond donors (Lipinski definition) is 2. The minimum Gasteiger partial charge on any atom is -0.393 e. The molecule has 1 heterocycles. The lowest BCUT2D eigenvalue weighted by Gasteiger charge is -2.31. The number of nitrogens with one attached hydrogen (secondary N) is 1. The van der Waals surface area contributed by atoms with Crippen LogP contribution in [-0.2, 0) is 7.05 Å². The van der Waals surface area contributed by atoms with E-state index in [1.165, 1.54) is 0 Å². The number of carbonyl (C=O) groups is 1. The Balaban J connectivity index is 1.85. The van der Waals surface area contributed by atoms with E-state index >= 15 is 0 Å². The molecule has 0 bridgehead atoms. The summed E-state index contributed by atoms with van der Waals surface area (Å²) in [5.41, 5.74) is 1.08. The van der Waals surface area contributed by atoms with Crippen molar-refractivity contribution in [3.05, 3.63) is 18.0 Å². The van der Waals surface area contributed by atoms with Crippen LogP contribution in [0.4, 0.5) is 4.79 Å². The van der Waals surface area contributed by atoms with Gasteiger partial charge >= 0.3 is 6.03 Å². The number of amides is 2. The number of urea groups is 1. The lowest BCUT2D eigenvalue weighted by molar-refractivity contribution is 0.0564. The first kappa shape index (κ1) is 18.7. The molecule has 2 amide bonds. The summed E-state index contributed by atoms with van der Waals surface area (Å²) in [7, 11) is 7.67. The molecule has 1 aliphatic carbocycles. The van der Waals surface area contributed by atoms with Gasteiger partial charge in [0.2, 0.25) is 0 Å². The topological polar surface area (TPSA) is 73.6 Å². The molecule has 0 spiro atoms. The highest BCUT2D eigenvalue weighted by molar-refractivity contribution is 5.73. The molecule has 2 rings (SSSR count). The molecule has 1 saturated carbocycles. The van der Waals surface area contributed by atoms with Crippen LogP contribution in [0.1, 0.15) is 37.3 Å². The molecule has 7 heteroatoms. The lowest BCUT2D eigenvalue weighted by Crippen LogP contribution is -2.45. The van der Waals surface area contributed by atoms with Crippen LogP contribution in [0.25, 0.3) is 0 Å². The molecule has 0 aliphatic heterocycles. The van der Waals surface area contributed by atoms with Crippen LogP contribution in [0.3, 0.4) is 0 Å². The zero-order chi connectivity index (χ0) is 17.7. The number of nitrogens with zero attached hydrogens (tertiary/aromatic N) is 4. The quantitative estimate of drug-likeness (QED) is 0.818. The van der Waals surface area contributed by atoms with E-state index in [9.17, 15) is 9.90 Å². The summed E-state index contributed by atoms with van der Waals surface area (Å²) in [6.07, 6.45) is 7.60. The van der Waals surface area contributed by atoms with Gasteiger partial charge in [-0.15, -0.1) is 0 Å². The van der Waals surface area contributed by atoms with E-state index in [2.05, 4.69) is 15.3 Å². The third-order valence-corrected chi connectivity index (χ3v) is 4.90. The van der Waals surface area contributed by atoms with Gasteiger partial charge in [-0.1, -0.05) is 12.8 Å². The number of likely N-dealkylation sites (N-methyl/N-ethyl adjacent to an activating group) is 1. The van der Waals surface area contributed by atoms with E-state index in [4.69, 9.17) is 0 Å². The Labute approximate surface area is 144 Å². The molecule has 1 aliphatic rings. The number of aliphatic hydroxyl groups is 1. The highest BCUT2D eigenvalue weighted by Crippen LogP contribution is 2.25. The largest absolute Gasteiger partial charge is 0.393 e. The summed E-state index contributed by atoms with van der Waals surface area (Å²) in [6.45, 7) is 1.13. The minimum absolute atomic E-state index is 0.0799. The summed E-state index contributed by atoms with van der Waals surface area (Å²) in [5, 5.41) is 17.3. The molecule has 24 heavy (non-hydrogen) atoms. The number of rotatable bonds is 6. The van der Waals surface area contributed by atoms with Crippen LogP contribution < -0.4 is 5.32 Å². The third kappa shape index (κ3) is 4.95. The Morgan fingerprint density at radius 3 is 2.71 bits per heavy atom. The number of carbonyl (C=O) groups excluding carboxylic acids is 1. The van der Waals surface area contributed by atoms with Gasteiger partial charge < -0.3 is 20.2 Å². The summed E-state index contributed by atoms with van der Waals surface area (Å²) in [6, 6.07) is -0.0140. The second-order valence-corrected chi connectivity index (χ2v) is 7.11. The predicted molar refractivity (Wildman–Crippen MR) is 93.6 cm³/mol. The smallest absolute Gasteiger partial charge is 0.317 e. The molecular formula is C17H31N5O2. The first-order valence-electron chi connectivity index (χ1n) is 8.70. The van der Waals surface area contributed by atoms with Crippen LogP contribution in [0.5, 0.6) is 0 Å². The Bertz CT molecular complexity index is 531. The SMILES string of the molecule is CN(C[C@@H]1CCCC[C@@H]1O)C(=O)NC[C@@H](c1cnn(C)c1)N(C)C. The number of aryl methyl sites for hydroxylation is 1. The first-order chi connectivity index (χ1) is 11.4. The van der Waals surface area contributed by atoms with Crippen molar-refractivity contribution in [3.8, 4) is 0 Å². The Morgan fingerprint density at radius 1 is 1.42 bits per heavy atom. The van der Waals surface area contributed by atoms with Gasteiger partial charge in [-0.2, -0.15) is 5.10 Å². The van der Waals surface area contributed by atoms with Crippen LogP contribution in [0.2, 0.25) is 0 Å². The predicted octanol–water partition coefficient (Wildman–Crippen LogP) is 1.22. The zero-order valence-corrected chi connectivity index (χ0v) is 15.3. The average Bonchev–Trinajstić information content (AvgIpc) is 2.95. The maximum atomic E-state index is 12.4. The van der Waals surface area contributed by atoms with Gasteiger partial charge in [0.15, 0.2) is 0 Å². The van der Waals surface area contributed by atoms with Crippen molar-refractivity contribution in [2.24, 2.45) is 13.0 Å². The number of aromatic nitrogens is 2. The Kier molecular flexibility index (Phi) is 6.62. The summed E-state index contributed by atoms with van der Waals surface area (Å²) in [5.74, 6) is 0.192. The van der Waals surface area contributed by atoms with E-state index in [1.54, 1.807) is 16.6 Å². The second kappa shape index (κ2) is 8.48. The van der Waals surface area contributed by atoms with Gasteiger partial charge in [0, 0.05) is 44.9 Å². The van der Waals surface area contributed by atoms with Crippen LogP contribution in [0.15, 0.2) is 12.4 Å². The molecule has 3 atom stereocenters. The summed E-state index contributed by atoms with van der Waals surface area (Å²) in [4.78, 5) is 16.1. The van der Waals surface area contributed by atoms with E-state index in [0.29, 0.717) is 13.1 Å². The van der Waals surface area contributed by atoms with Crippen molar-refractivity contribution in [2.75, 3.05) is 34.2 Å². The molecule has 1 fully saturated rings. The molecule has 1 aromatic rings. The molecule has 7 nitrogen and oxygen atoms in total. The third-order valence-electron chi connectivity index (χ3n) is 4.90. The van der Waals surface area contributed by atoms with Crippen molar-refractivity contribution >= 4 is 6.03 Å². The second-order valence-electron chi connectivity index (χ2n) is 7.11. The molecule has 0 saturated heterocycles. The molecule has 0 unspecified atom stereocenters. The van der Waals surface area contributed by atoms with Crippen LogP contribution in [-0.4, -0.2) is 71.1 Å². The van der Waals surface area contributed by atoms with Crippen molar-refractivity contribution in [2.45, 2.75) is 37.8 Å². The molecule has 1 aromatic heterocycles. The van der Waals surface area contributed by atoms with Gasteiger partial charge in [-0.25, -0.2) is 4.79 Å². The fourth-order valence-corrected chi connectivity index (χ4v) is 3.37. The Morgan fingerprint density at radius 2 is 2.12 bits per heavy atom.